The van der Waals surface area contributed by atoms with Gasteiger partial charge in [0, 0.05) is 32.5 Å². The molecule has 4 aromatic rings. The van der Waals surface area contributed by atoms with Gasteiger partial charge in [-0.25, -0.2) is 9.97 Å². The number of hydrogen-bond acceptors (Lipinski definition) is 5. The molecule has 0 aliphatic carbocycles. The predicted molar refractivity (Wildman–Crippen MR) is 115 cm³/mol. The fraction of sp³-hybridized carbons (Fsp3) is 0.150. The molecule has 0 N–H and O–H groups in total. The minimum atomic E-state index is 0.110. The van der Waals surface area contributed by atoms with Gasteiger partial charge in [-0.1, -0.05) is 27.7 Å². The van der Waals surface area contributed by atoms with Crippen LogP contribution < -0.4 is 0 Å². The number of aromatic nitrogens is 3. The third kappa shape index (κ3) is 3.59. The Morgan fingerprint density at radius 1 is 1.19 bits per heavy atom. The quantitative estimate of drug-likeness (QED) is 0.214. The maximum absolute atomic E-state index is 12.9. The van der Waals surface area contributed by atoms with E-state index in [-0.39, 0.29) is 5.78 Å². The first-order valence-electron chi connectivity index (χ1n) is 8.33. The Labute approximate surface area is 173 Å². The largest absolute Gasteiger partial charge is 0.318 e. The van der Waals surface area contributed by atoms with Crippen molar-refractivity contribution < 1.29 is 4.79 Å². The van der Waals surface area contributed by atoms with Crippen molar-refractivity contribution in [3.8, 4) is 5.69 Å². The van der Waals surface area contributed by atoms with Crippen LogP contribution in [-0.4, -0.2) is 26.1 Å². The summed E-state index contributed by atoms with van der Waals surface area (Å²) >= 11 is 6.52. The van der Waals surface area contributed by atoms with Gasteiger partial charge in [-0.05, 0) is 55.6 Å². The van der Waals surface area contributed by atoms with Crippen molar-refractivity contribution in [1.82, 2.24) is 14.5 Å². The summed E-state index contributed by atoms with van der Waals surface area (Å²) in [6, 6.07) is 12.1. The molecule has 4 rings (SSSR count). The van der Waals surface area contributed by atoms with Crippen LogP contribution in [0.3, 0.4) is 0 Å². The Kier molecular flexibility index (Phi) is 5.16. The van der Waals surface area contributed by atoms with Gasteiger partial charge < -0.3 is 4.57 Å². The highest BCUT2D eigenvalue weighted by Crippen LogP contribution is 2.29. The van der Waals surface area contributed by atoms with E-state index in [0.717, 1.165) is 42.4 Å². The van der Waals surface area contributed by atoms with E-state index in [1.807, 2.05) is 55.6 Å². The Morgan fingerprint density at radius 3 is 2.74 bits per heavy atom. The third-order valence-electron chi connectivity index (χ3n) is 4.38. The van der Waals surface area contributed by atoms with Crippen molar-refractivity contribution in [2.24, 2.45) is 0 Å². The molecule has 0 fully saturated rings. The molecule has 0 spiro atoms. The summed E-state index contributed by atoms with van der Waals surface area (Å²) < 4.78 is 3.15. The number of Topliss-reactive ketones (excluding diaryl/α,β-unsaturated/α-hetero) is 1. The molecule has 0 aliphatic heterocycles. The lowest BCUT2D eigenvalue weighted by Crippen LogP contribution is -2.06. The highest BCUT2D eigenvalue weighted by atomic mass is 79.9. The van der Waals surface area contributed by atoms with Crippen LogP contribution in [0.25, 0.3) is 15.9 Å². The van der Waals surface area contributed by atoms with Gasteiger partial charge in [0.1, 0.15) is 16.2 Å². The van der Waals surface area contributed by atoms with Gasteiger partial charge in [-0.3, -0.25) is 4.79 Å². The highest BCUT2D eigenvalue weighted by molar-refractivity contribution is 9.10. The number of carbonyl (C=O) groups is 1. The molecule has 0 atom stereocenters. The first-order chi connectivity index (χ1) is 13.0. The van der Waals surface area contributed by atoms with Gasteiger partial charge in [0.05, 0.1) is 5.75 Å². The third-order valence-corrected chi connectivity index (χ3v) is 6.74. The molecule has 0 saturated heterocycles. The molecule has 0 radical (unpaired) electrons. The van der Waals surface area contributed by atoms with E-state index >= 15 is 0 Å². The van der Waals surface area contributed by atoms with E-state index in [1.165, 1.54) is 11.8 Å². The topological polar surface area (TPSA) is 47.8 Å². The van der Waals surface area contributed by atoms with Gasteiger partial charge in [0.25, 0.3) is 0 Å². The second-order valence-electron chi connectivity index (χ2n) is 6.13. The molecule has 4 nitrogen and oxygen atoms in total. The average molecular weight is 458 g/mol. The van der Waals surface area contributed by atoms with Gasteiger partial charge in [0.15, 0.2) is 5.78 Å². The lowest BCUT2D eigenvalue weighted by Gasteiger charge is -2.10. The Balaban J connectivity index is 1.58. The molecule has 7 heteroatoms. The lowest BCUT2D eigenvalue weighted by molar-refractivity contribution is 0.102. The van der Waals surface area contributed by atoms with Gasteiger partial charge in [0.2, 0.25) is 0 Å². The Hall–Kier alpha value is -1.96. The van der Waals surface area contributed by atoms with Crippen LogP contribution in [0.5, 0.6) is 0 Å². The molecule has 1 aromatic carbocycles. The fourth-order valence-corrected chi connectivity index (χ4v) is 5.05. The second-order valence-corrected chi connectivity index (χ2v) is 8.90. The first-order valence-corrected chi connectivity index (χ1v) is 11.0. The van der Waals surface area contributed by atoms with Gasteiger partial charge >= 0.3 is 0 Å². The standard InChI is InChI=1S/C20H16BrN3OS2/c1-12-9-17(13(2)24(12)15-5-3-14(21)4-6-15)18(25)10-27-20-16-7-8-26-19(16)22-11-23-20/h3-9,11H,10H2,1-2H3. The minimum absolute atomic E-state index is 0.110. The van der Waals surface area contributed by atoms with Crippen molar-refractivity contribution >= 4 is 55.0 Å². The van der Waals surface area contributed by atoms with Crippen molar-refractivity contribution in [3.63, 3.8) is 0 Å². The first kappa shape index (κ1) is 18.4. The number of hydrogen-bond donors (Lipinski definition) is 0. The van der Waals surface area contributed by atoms with E-state index in [1.54, 1.807) is 17.7 Å². The van der Waals surface area contributed by atoms with E-state index in [4.69, 9.17) is 0 Å². The average Bonchev–Trinajstić information content (AvgIpc) is 3.25. The monoisotopic (exact) mass is 457 g/mol. The smallest absolute Gasteiger partial charge is 0.174 e. The SMILES string of the molecule is Cc1cc(C(=O)CSc2ncnc3sccc23)c(C)n1-c1ccc(Br)cc1. The lowest BCUT2D eigenvalue weighted by atomic mass is 10.2. The molecule has 0 aliphatic rings. The summed E-state index contributed by atoms with van der Waals surface area (Å²) in [7, 11) is 0. The van der Waals surface area contributed by atoms with Crippen LogP contribution in [0.1, 0.15) is 21.7 Å². The molecular weight excluding hydrogens is 442 g/mol. The highest BCUT2D eigenvalue weighted by Gasteiger charge is 2.18. The van der Waals surface area contributed by atoms with Crippen LogP contribution in [-0.2, 0) is 0 Å². The number of fused-ring (bicyclic) bond motifs is 1. The van der Waals surface area contributed by atoms with Crippen molar-refractivity contribution in [2.75, 3.05) is 5.75 Å². The van der Waals surface area contributed by atoms with Crippen LogP contribution in [0, 0.1) is 13.8 Å². The van der Waals surface area contributed by atoms with E-state index in [9.17, 15) is 4.79 Å². The van der Waals surface area contributed by atoms with Crippen LogP contribution in [0.15, 0.2) is 57.6 Å². The van der Waals surface area contributed by atoms with Crippen molar-refractivity contribution in [3.05, 3.63) is 69.5 Å². The van der Waals surface area contributed by atoms with Crippen LogP contribution in [0.2, 0.25) is 0 Å². The zero-order chi connectivity index (χ0) is 19.0. The fourth-order valence-electron chi connectivity index (χ4n) is 3.13. The van der Waals surface area contributed by atoms with Gasteiger partial charge in [-0.2, -0.15) is 0 Å². The number of thiophene rings is 1. The summed E-state index contributed by atoms with van der Waals surface area (Å²) in [6.07, 6.45) is 1.56. The molecule has 3 heterocycles. The molecule has 27 heavy (non-hydrogen) atoms. The maximum atomic E-state index is 12.9. The minimum Gasteiger partial charge on any atom is -0.318 e. The van der Waals surface area contributed by atoms with Crippen molar-refractivity contribution in [2.45, 2.75) is 18.9 Å². The molecule has 0 saturated carbocycles. The molecule has 0 unspecified atom stereocenters. The van der Waals surface area contributed by atoms with Crippen LogP contribution in [0.4, 0.5) is 0 Å². The number of nitrogens with zero attached hydrogens (tertiary/aromatic N) is 3. The number of rotatable bonds is 5. The van der Waals surface area contributed by atoms with Gasteiger partial charge in [-0.15, -0.1) is 11.3 Å². The Bertz CT molecular complexity index is 1130. The van der Waals surface area contributed by atoms with E-state index in [2.05, 4.69) is 30.5 Å². The Morgan fingerprint density at radius 2 is 1.96 bits per heavy atom. The summed E-state index contributed by atoms with van der Waals surface area (Å²) in [5, 5.41) is 3.87. The number of carbonyl (C=O) groups excluding carboxylic acids is 1. The van der Waals surface area contributed by atoms with E-state index in [0.29, 0.717) is 5.75 Å². The molecule has 136 valence electrons. The zero-order valence-electron chi connectivity index (χ0n) is 14.8. The molecular formula is C20H16BrN3OS2. The number of ketones is 1. The molecule has 0 bridgehead atoms. The summed E-state index contributed by atoms with van der Waals surface area (Å²) in [5.74, 6) is 0.463. The van der Waals surface area contributed by atoms with E-state index < -0.39 is 0 Å². The molecule has 0 amide bonds. The number of thioether (sulfide) groups is 1. The zero-order valence-corrected chi connectivity index (χ0v) is 18.0. The summed E-state index contributed by atoms with van der Waals surface area (Å²) in [6.45, 7) is 4.02. The maximum Gasteiger partial charge on any atom is 0.174 e. The predicted octanol–water partition coefficient (Wildman–Crippen LogP) is 5.84. The van der Waals surface area contributed by atoms with Crippen LogP contribution >= 0.6 is 39.0 Å². The second kappa shape index (κ2) is 7.58. The molecule has 3 aromatic heterocycles. The normalized spacial score (nSPS) is 11.2. The van der Waals surface area contributed by atoms with Crippen molar-refractivity contribution in [1.29, 1.82) is 0 Å². The number of aryl methyl sites for hydroxylation is 1. The number of benzene rings is 1. The number of halogens is 1. The summed E-state index contributed by atoms with van der Waals surface area (Å²) in [5.41, 5.74) is 3.82. The summed E-state index contributed by atoms with van der Waals surface area (Å²) in [4.78, 5) is 22.4.